The number of allylic oxidation sites excluding steroid dienone is 1. The number of carbonyl (C=O) groups excluding carboxylic acids is 1. The summed E-state index contributed by atoms with van der Waals surface area (Å²) in [6, 6.07) is 20.8. The maximum absolute atomic E-state index is 14.9. The summed E-state index contributed by atoms with van der Waals surface area (Å²) >= 11 is 0. The summed E-state index contributed by atoms with van der Waals surface area (Å²) in [5.74, 6) is -1.44. The molecule has 350 valence electrons. The fourth-order valence-electron chi connectivity index (χ4n) is 9.93. The molecule has 2 fully saturated rings. The van der Waals surface area contributed by atoms with Crippen LogP contribution in [0.1, 0.15) is 86.8 Å². The molecule has 1 saturated heterocycles. The maximum Gasteiger partial charge on any atom is 0.410 e. The van der Waals surface area contributed by atoms with Crippen molar-refractivity contribution in [3.05, 3.63) is 132 Å². The zero-order chi connectivity index (χ0) is 45.4. The van der Waals surface area contributed by atoms with Crippen molar-refractivity contribution in [3.8, 4) is 11.5 Å². The molecule has 12 nitrogen and oxygen atoms in total. The summed E-state index contributed by atoms with van der Waals surface area (Å²) in [4.78, 5) is 22.8. The SMILES string of the molecule is C=CCOc1ccc2c(c1)[C@H]1[C@H](CCCCO)[C@@H](CCCCO)C=C3C(=NOC4CCCCO4)C[C@H](N(Cc4ccc(F)cc4)C(=O)OCCOCc4ccccc4)[C@@](OCC=C)(O2)[C@H]31. The second-order valence-electron chi connectivity index (χ2n) is 17.2. The predicted molar refractivity (Wildman–Crippen MR) is 245 cm³/mol. The number of halogens is 1. The van der Waals surface area contributed by atoms with Gasteiger partial charge in [-0.2, -0.15) is 0 Å². The Morgan fingerprint density at radius 1 is 0.923 bits per heavy atom. The van der Waals surface area contributed by atoms with Crippen LogP contribution in [-0.4, -0.2) is 91.3 Å². The van der Waals surface area contributed by atoms with E-state index >= 15 is 0 Å². The second-order valence-corrected chi connectivity index (χ2v) is 17.2. The minimum Gasteiger partial charge on any atom is -0.490 e. The van der Waals surface area contributed by atoms with Crippen LogP contribution >= 0.6 is 0 Å². The van der Waals surface area contributed by atoms with Crippen molar-refractivity contribution in [3.63, 3.8) is 0 Å². The molecular formula is C52H65FN2O10. The Morgan fingerprint density at radius 3 is 2.45 bits per heavy atom. The normalized spacial score (nSPS) is 25.0. The minimum absolute atomic E-state index is 0.0138. The lowest BCUT2D eigenvalue weighted by Gasteiger charge is -2.60. The highest BCUT2D eigenvalue weighted by molar-refractivity contribution is 6.03. The molecule has 0 bridgehead atoms. The Labute approximate surface area is 382 Å². The molecule has 0 aromatic heterocycles. The molecule has 2 heterocycles. The van der Waals surface area contributed by atoms with Crippen LogP contribution in [-0.2, 0) is 36.9 Å². The average Bonchev–Trinajstić information content (AvgIpc) is 3.33. The number of hydrogen-bond donors (Lipinski definition) is 2. The van der Waals surface area contributed by atoms with Crippen molar-refractivity contribution in [1.82, 2.24) is 4.90 Å². The van der Waals surface area contributed by atoms with E-state index in [2.05, 4.69) is 19.2 Å². The molecule has 7 rings (SSSR count). The van der Waals surface area contributed by atoms with Crippen molar-refractivity contribution in [2.75, 3.05) is 46.2 Å². The van der Waals surface area contributed by atoms with Crippen molar-refractivity contribution in [2.45, 2.75) is 101 Å². The largest absolute Gasteiger partial charge is 0.490 e. The third-order valence-corrected chi connectivity index (χ3v) is 12.9. The lowest BCUT2D eigenvalue weighted by molar-refractivity contribution is -0.256. The summed E-state index contributed by atoms with van der Waals surface area (Å²) in [6.45, 7) is 9.53. The first-order valence-electron chi connectivity index (χ1n) is 23.3. The number of oxime groups is 1. The highest BCUT2D eigenvalue weighted by Gasteiger charge is 2.65. The molecule has 0 radical (unpaired) electrons. The number of aliphatic hydroxyl groups is 2. The number of carbonyl (C=O) groups is 1. The van der Waals surface area contributed by atoms with Gasteiger partial charge in [-0.25, -0.2) is 9.18 Å². The first-order chi connectivity index (χ1) is 31.9. The van der Waals surface area contributed by atoms with Crippen molar-refractivity contribution in [1.29, 1.82) is 0 Å². The Hall–Kier alpha value is -5.05. The van der Waals surface area contributed by atoms with Gasteiger partial charge in [0, 0.05) is 44.1 Å². The monoisotopic (exact) mass is 896 g/mol. The molecule has 1 amide bonds. The predicted octanol–water partition coefficient (Wildman–Crippen LogP) is 9.41. The van der Waals surface area contributed by atoms with Crippen LogP contribution in [0.2, 0.25) is 0 Å². The van der Waals surface area contributed by atoms with Crippen LogP contribution in [0.3, 0.4) is 0 Å². The molecule has 4 aliphatic rings. The van der Waals surface area contributed by atoms with Gasteiger partial charge in [0.15, 0.2) is 0 Å². The van der Waals surface area contributed by atoms with Crippen LogP contribution < -0.4 is 9.47 Å². The summed E-state index contributed by atoms with van der Waals surface area (Å²) in [6.07, 6.45) is 11.7. The molecule has 2 N–H and O–H groups in total. The standard InChI is InChI=1S/C52H65FN2O10/c1-3-27-60-41-23-24-46-44(33-41)49-42(17-9-12-26-57)39(16-8-11-25-56)32-43-45(54-65-48-18-10-13-29-61-48)34-47(52(64-46,50(43)49)63-28-4-2)55(35-37-19-21-40(53)22-20-37)51(58)62-31-30-59-36-38-14-6-5-7-15-38/h3-7,14-15,19-24,32-33,39,42,47-50,56-57H,1-2,8-13,16-18,25-31,34-36H2/t39-,42+,47-,48?,49+,50+,52+/m0/s1. The van der Waals surface area contributed by atoms with Gasteiger partial charge in [0.2, 0.25) is 12.1 Å². The summed E-state index contributed by atoms with van der Waals surface area (Å²) in [5.41, 5.74) is 4.12. The van der Waals surface area contributed by atoms with E-state index in [1.54, 1.807) is 29.2 Å². The number of unbranched alkanes of at least 4 members (excludes halogenated alkanes) is 2. The lowest BCUT2D eigenvalue weighted by Crippen LogP contribution is -2.70. The topological polar surface area (TPSA) is 138 Å². The second kappa shape index (κ2) is 23.9. The van der Waals surface area contributed by atoms with E-state index in [4.69, 9.17) is 38.4 Å². The minimum atomic E-state index is -1.53. The number of aliphatic hydroxyl groups excluding tert-OH is 2. The van der Waals surface area contributed by atoms with Crippen molar-refractivity contribution >= 4 is 11.8 Å². The van der Waals surface area contributed by atoms with E-state index in [0.29, 0.717) is 61.9 Å². The highest BCUT2D eigenvalue weighted by Crippen LogP contribution is 2.62. The summed E-state index contributed by atoms with van der Waals surface area (Å²) in [5, 5.41) is 24.8. The first kappa shape index (κ1) is 47.9. The Bertz CT molecular complexity index is 2060. The van der Waals surface area contributed by atoms with E-state index in [1.807, 2.05) is 48.5 Å². The van der Waals surface area contributed by atoms with Gasteiger partial charge in [-0.15, -0.1) is 6.58 Å². The molecule has 65 heavy (non-hydrogen) atoms. The Balaban J connectivity index is 1.38. The number of rotatable bonds is 24. The molecule has 2 aliphatic carbocycles. The zero-order valence-electron chi connectivity index (χ0n) is 37.4. The van der Waals surface area contributed by atoms with E-state index in [9.17, 15) is 19.4 Å². The number of amides is 1. The number of fused-ring (bicyclic) bond motifs is 2. The fraction of sp³-hybridized carbons (Fsp3) is 0.500. The number of nitrogens with zero attached hydrogens (tertiary/aromatic N) is 2. The van der Waals surface area contributed by atoms with Crippen molar-refractivity contribution < 1.29 is 52.7 Å². The van der Waals surface area contributed by atoms with E-state index in [1.165, 1.54) is 12.1 Å². The van der Waals surface area contributed by atoms with Gasteiger partial charge >= 0.3 is 6.09 Å². The number of benzene rings is 3. The Morgan fingerprint density at radius 2 is 1.71 bits per heavy atom. The van der Waals surface area contributed by atoms with Gasteiger partial charge in [-0.1, -0.05) is 85.3 Å². The molecule has 13 heteroatoms. The van der Waals surface area contributed by atoms with Crippen LogP contribution in [0, 0.1) is 23.6 Å². The van der Waals surface area contributed by atoms with Gasteiger partial charge in [-0.3, -0.25) is 4.90 Å². The van der Waals surface area contributed by atoms with Crippen molar-refractivity contribution in [2.24, 2.45) is 22.9 Å². The number of hydrogen-bond acceptors (Lipinski definition) is 11. The highest BCUT2D eigenvalue weighted by atomic mass is 19.1. The molecule has 1 unspecified atom stereocenters. The van der Waals surface area contributed by atoms with Gasteiger partial charge in [-0.05, 0) is 97.4 Å². The van der Waals surface area contributed by atoms with Gasteiger partial charge in [0.25, 0.3) is 0 Å². The van der Waals surface area contributed by atoms with Gasteiger partial charge in [0.05, 0.1) is 38.1 Å². The van der Waals surface area contributed by atoms with Crippen LogP contribution in [0.4, 0.5) is 9.18 Å². The van der Waals surface area contributed by atoms with E-state index < -0.39 is 35.9 Å². The summed E-state index contributed by atoms with van der Waals surface area (Å²) in [7, 11) is 0. The molecule has 3 aromatic rings. The number of ether oxygens (including phenoxy) is 6. The molecule has 0 spiro atoms. The lowest BCUT2D eigenvalue weighted by atomic mass is 9.55. The molecule has 1 saturated carbocycles. The average molecular weight is 897 g/mol. The van der Waals surface area contributed by atoms with Gasteiger partial charge < -0.3 is 43.5 Å². The van der Waals surface area contributed by atoms with Crippen LogP contribution in [0.5, 0.6) is 11.5 Å². The maximum atomic E-state index is 14.9. The smallest absolute Gasteiger partial charge is 0.410 e. The molecule has 3 aromatic carbocycles. The zero-order valence-corrected chi connectivity index (χ0v) is 37.4. The molecule has 2 aliphatic heterocycles. The third-order valence-electron chi connectivity index (χ3n) is 12.9. The quantitative estimate of drug-likeness (QED) is 0.0509. The molecular weight excluding hydrogens is 832 g/mol. The van der Waals surface area contributed by atoms with E-state index in [-0.39, 0.29) is 63.8 Å². The Kier molecular flexibility index (Phi) is 17.6. The third kappa shape index (κ3) is 11.9. The van der Waals surface area contributed by atoms with Crippen LogP contribution in [0.25, 0.3) is 0 Å². The fourth-order valence-corrected chi connectivity index (χ4v) is 9.93. The van der Waals surface area contributed by atoms with Gasteiger partial charge in [0.1, 0.15) is 36.6 Å². The molecule has 7 atom stereocenters. The van der Waals surface area contributed by atoms with E-state index in [0.717, 1.165) is 55.2 Å². The summed E-state index contributed by atoms with van der Waals surface area (Å²) < 4.78 is 53.0. The van der Waals surface area contributed by atoms with Crippen LogP contribution in [0.15, 0.2) is 115 Å². The first-order valence-corrected chi connectivity index (χ1v) is 23.3.